The van der Waals surface area contributed by atoms with Gasteiger partial charge in [-0.3, -0.25) is 14.5 Å². The van der Waals surface area contributed by atoms with E-state index in [2.05, 4.69) is 16.9 Å². The van der Waals surface area contributed by atoms with Crippen LogP contribution >= 0.6 is 23.4 Å². The Labute approximate surface area is 198 Å². The average molecular weight is 496 g/mol. The minimum atomic E-state index is -4.58. The summed E-state index contributed by atoms with van der Waals surface area (Å²) in [5.74, 6) is -0.955. The maximum absolute atomic E-state index is 13.0. The number of para-hydroxylation sites is 1. The molecule has 0 bridgehead atoms. The molecule has 1 saturated heterocycles. The predicted molar refractivity (Wildman–Crippen MR) is 126 cm³/mol. The van der Waals surface area contributed by atoms with Crippen molar-refractivity contribution in [3.05, 3.63) is 70.8 Å². The molecule has 3 rings (SSSR count). The van der Waals surface area contributed by atoms with Gasteiger partial charge in [-0.1, -0.05) is 47.6 Å². The molecule has 2 amide bonds. The molecule has 5 nitrogen and oxygen atoms in total. The SMILES string of the molecule is C=CCN1C(=O)[C@H](CC(=O)Nc2cc(C(F)(F)F)ccc2Cl)SC1=Nc1c(C)cccc1C. The van der Waals surface area contributed by atoms with E-state index in [4.69, 9.17) is 11.6 Å². The first-order valence-corrected chi connectivity index (χ1v) is 11.2. The van der Waals surface area contributed by atoms with Gasteiger partial charge in [0.15, 0.2) is 5.17 Å². The van der Waals surface area contributed by atoms with Gasteiger partial charge < -0.3 is 5.32 Å². The van der Waals surface area contributed by atoms with Gasteiger partial charge >= 0.3 is 6.18 Å². The maximum Gasteiger partial charge on any atom is 0.416 e. The lowest BCUT2D eigenvalue weighted by Gasteiger charge is -2.15. The molecule has 0 saturated carbocycles. The summed E-state index contributed by atoms with van der Waals surface area (Å²) in [4.78, 5) is 31.6. The smallest absolute Gasteiger partial charge is 0.325 e. The molecule has 174 valence electrons. The number of benzene rings is 2. The summed E-state index contributed by atoms with van der Waals surface area (Å²) in [6, 6.07) is 8.40. The highest BCUT2D eigenvalue weighted by Gasteiger charge is 2.39. The first-order valence-electron chi connectivity index (χ1n) is 9.91. The number of rotatable bonds is 6. The second kappa shape index (κ2) is 10.0. The molecule has 2 aromatic rings. The van der Waals surface area contributed by atoms with E-state index in [-0.39, 0.29) is 29.6 Å². The Morgan fingerprint density at radius 3 is 2.55 bits per heavy atom. The zero-order chi connectivity index (χ0) is 24.3. The molecule has 1 N–H and O–H groups in total. The number of nitrogens with zero attached hydrogens (tertiary/aromatic N) is 2. The maximum atomic E-state index is 13.0. The van der Waals surface area contributed by atoms with E-state index in [0.717, 1.165) is 46.8 Å². The molecule has 0 radical (unpaired) electrons. The van der Waals surface area contributed by atoms with Gasteiger partial charge in [0, 0.05) is 13.0 Å². The fraction of sp³-hybridized carbons (Fsp3) is 0.261. The highest BCUT2D eigenvalue weighted by molar-refractivity contribution is 8.15. The van der Waals surface area contributed by atoms with Crippen LogP contribution in [0.4, 0.5) is 24.5 Å². The van der Waals surface area contributed by atoms with Crippen molar-refractivity contribution in [2.75, 3.05) is 11.9 Å². The summed E-state index contributed by atoms with van der Waals surface area (Å²) in [5, 5.41) is 2.01. The molecule has 0 aliphatic carbocycles. The lowest BCUT2D eigenvalue weighted by Crippen LogP contribution is -2.33. The summed E-state index contributed by atoms with van der Waals surface area (Å²) in [5.41, 5.74) is 1.51. The van der Waals surface area contributed by atoms with E-state index in [9.17, 15) is 22.8 Å². The third kappa shape index (κ3) is 5.78. The molecular weight excluding hydrogens is 475 g/mol. The van der Waals surface area contributed by atoms with Crippen molar-refractivity contribution in [3.8, 4) is 0 Å². The van der Waals surface area contributed by atoms with Crippen LogP contribution in [0.2, 0.25) is 5.02 Å². The van der Waals surface area contributed by atoms with E-state index in [1.54, 1.807) is 6.08 Å². The van der Waals surface area contributed by atoms with Gasteiger partial charge in [0.2, 0.25) is 11.8 Å². The van der Waals surface area contributed by atoms with Gasteiger partial charge in [-0.2, -0.15) is 13.2 Å². The minimum absolute atomic E-state index is 0.0349. The van der Waals surface area contributed by atoms with Crippen molar-refractivity contribution >= 4 is 51.7 Å². The van der Waals surface area contributed by atoms with E-state index < -0.39 is 22.9 Å². The molecule has 2 aromatic carbocycles. The molecule has 0 unspecified atom stereocenters. The van der Waals surface area contributed by atoms with Crippen LogP contribution in [-0.4, -0.2) is 33.7 Å². The summed E-state index contributed by atoms with van der Waals surface area (Å²) >= 11 is 7.08. The normalized spacial score (nSPS) is 17.5. The molecule has 10 heteroatoms. The second-order valence-corrected chi connectivity index (χ2v) is 9.00. The number of nitrogens with one attached hydrogen (secondary N) is 1. The van der Waals surface area contributed by atoms with Gasteiger partial charge in [-0.25, -0.2) is 4.99 Å². The Bertz CT molecular complexity index is 1110. The molecular formula is C23H21ClF3N3O2S. The predicted octanol–water partition coefficient (Wildman–Crippen LogP) is 6.12. The fourth-order valence-corrected chi connectivity index (χ4v) is 4.58. The Kier molecular flexibility index (Phi) is 7.54. The quantitative estimate of drug-likeness (QED) is 0.491. The summed E-state index contributed by atoms with van der Waals surface area (Å²) < 4.78 is 38.9. The lowest BCUT2D eigenvalue weighted by atomic mass is 10.1. The number of aliphatic imine (C=N–C) groups is 1. The molecule has 1 heterocycles. The van der Waals surface area contributed by atoms with Crippen LogP contribution < -0.4 is 5.32 Å². The number of alkyl halides is 3. The number of carbonyl (C=O) groups is 2. The number of aryl methyl sites for hydroxylation is 2. The van der Waals surface area contributed by atoms with Crippen molar-refractivity contribution in [3.63, 3.8) is 0 Å². The van der Waals surface area contributed by atoms with Crippen LogP contribution in [-0.2, 0) is 15.8 Å². The monoisotopic (exact) mass is 495 g/mol. The summed E-state index contributed by atoms with van der Waals surface area (Å²) in [6.07, 6.45) is -3.27. The van der Waals surface area contributed by atoms with E-state index in [1.165, 1.54) is 4.90 Å². The Morgan fingerprint density at radius 2 is 1.94 bits per heavy atom. The van der Waals surface area contributed by atoms with Crippen molar-refractivity contribution in [2.45, 2.75) is 31.7 Å². The second-order valence-electron chi connectivity index (χ2n) is 7.42. The number of hydrogen-bond acceptors (Lipinski definition) is 4. The number of anilines is 1. The Morgan fingerprint density at radius 1 is 1.27 bits per heavy atom. The average Bonchev–Trinajstić information content (AvgIpc) is 3.00. The zero-order valence-electron chi connectivity index (χ0n) is 17.9. The first kappa shape index (κ1) is 24.9. The lowest BCUT2D eigenvalue weighted by molar-refractivity contribution is -0.137. The number of amidine groups is 1. The van der Waals surface area contributed by atoms with Gasteiger partial charge in [-0.05, 0) is 43.2 Å². The number of halogens is 4. The number of hydrogen-bond donors (Lipinski definition) is 1. The standard InChI is InChI=1S/C23H21ClF3N3O2S/c1-4-10-30-21(32)18(33-22(30)29-20-13(2)6-5-7-14(20)3)12-19(31)28-17-11-15(23(25,26)27)8-9-16(17)24/h4-9,11,18H,1,10,12H2,2-3H3,(H,28,31)/t18-/m0/s1. The van der Waals surface area contributed by atoms with Crippen molar-refractivity contribution in [1.82, 2.24) is 4.90 Å². The Balaban J connectivity index is 1.80. The summed E-state index contributed by atoms with van der Waals surface area (Å²) in [7, 11) is 0. The van der Waals surface area contributed by atoms with Crippen LogP contribution in [0, 0.1) is 13.8 Å². The van der Waals surface area contributed by atoms with Crippen LogP contribution in [0.15, 0.2) is 54.0 Å². The van der Waals surface area contributed by atoms with Crippen molar-refractivity contribution in [1.29, 1.82) is 0 Å². The highest BCUT2D eigenvalue weighted by Crippen LogP contribution is 2.36. The van der Waals surface area contributed by atoms with E-state index >= 15 is 0 Å². The van der Waals surface area contributed by atoms with Crippen molar-refractivity contribution < 1.29 is 22.8 Å². The highest BCUT2D eigenvalue weighted by atomic mass is 35.5. The van der Waals surface area contributed by atoms with Crippen LogP contribution in [0.25, 0.3) is 0 Å². The molecule has 1 fully saturated rings. The molecule has 33 heavy (non-hydrogen) atoms. The molecule has 1 aliphatic rings. The topological polar surface area (TPSA) is 61.8 Å². The van der Waals surface area contributed by atoms with Gasteiger partial charge in [0.25, 0.3) is 0 Å². The third-order valence-electron chi connectivity index (χ3n) is 4.92. The number of thioether (sulfide) groups is 1. The van der Waals surface area contributed by atoms with Gasteiger partial charge in [0.1, 0.15) is 5.25 Å². The molecule has 1 aliphatic heterocycles. The van der Waals surface area contributed by atoms with E-state index in [0.29, 0.717) is 5.17 Å². The van der Waals surface area contributed by atoms with Gasteiger partial charge in [0.05, 0.1) is 22.0 Å². The minimum Gasteiger partial charge on any atom is -0.325 e. The molecule has 1 atom stereocenters. The van der Waals surface area contributed by atoms with Crippen LogP contribution in [0.5, 0.6) is 0 Å². The molecule has 0 spiro atoms. The summed E-state index contributed by atoms with van der Waals surface area (Å²) in [6.45, 7) is 7.71. The van der Waals surface area contributed by atoms with Crippen molar-refractivity contribution in [2.24, 2.45) is 4.99 Å². The first-order chi connectivity index (χ1) is 15.5. The zero-order valence-corrected chi connectivity index (χ0v) is 19.4. The fourth-order valence-electron chi connectivity index (χ4n) is 3.27. The molecule has 0 aromatic heterocycles. The largest absolute Gasteiger partial charge is 0.416 e. The van der Waals surface area contributed by atoms with Crippen LogP contribution in [0.3, 0.4) is 0 Å². The third-order valence-corrected chi connectivity index (χ3v) is 6.42. The van der Waals surface area contributed by atoms with Gasteiger partial charge in [-0.15, -0.1) is 6.58 Å². The Hall–Kier alpha value is -2.78. The van der Waals surface area contributed by atoms with E-state index in [1.807, 2.05) is 32.0 Å². The number of carbonyl (C=O) groups excluding carboxylic acids is 2. The van der Waals surface area contributed by atoms with Crippen LogP contribution in [0.1, 0.15) is 23.1 Å². The number of amides is 2.